The van der Waals surface area contributed by atoms with E-state index in [1.54, 1.807) is 0 Å². The van der Waals surface area contributed by atoms with Gasteiger partial charge in [0.1, 0.15) is 27.7 Å². The molecule has 2 rings (SSSR count). The molecule has 0 saturated carbocycles. The fraction of sp³-hybridized carbons (Fsp3) is 0.438. The number of para-hydroxylation sites is 1. The van der Waals surface area contributed by atoms with Crippen LogP contribution in [0.25, 0.3) is 11.0 Å². The molecule has 0 unspecified atom stereocenters. The normalized spacial score (nSPS) is 12.0. The van der Waals surface area contributed by atoms with Crippen LogP contribution in [0.2, 0.25) is 0 Å². The molecule has 0 spiro atoms. The van der Waals surface area contributed by atoms with Crippen molar-refractivity contribution in [1.29, 1.82) is 0 Å². The van der Waals surface area contributed by atoms with Crippen molar-refractivity contribution in [2.75, 3.05) is 25.1 Å². The minimum Gasteiger partial charge on any atom is -0.459 e. The van der Waals surface area contributed by atoms with Gasteiger partial charge in [-0.1, -0.05) is 18.2 Å². The zero-order valence-electron chi connectivity index (χ0n) is 14.1. The van der Waals surface area contributed by atoms with Crippen LogP contribution in [0.5, 0.6) is 0 Å². The van der Waals surface area contributed by atoms with E-state index in [2.05, 4.69) is 15.6 Å². The third kappa shape index (κ3) is 5.97. The van der Waals surface area contributed by atoms with Crippen molar-refractivity contribution in [3.05, 3.63) is 35.6 Å². The van der Waals surface area contributed by atoms with Crippen LogP contribution in [0.4, 0.5) is 0 Å². The SMILES string of the molecule is CCNC(=NCc1oc2ccccc2c1C)NCCS(C)(=O)=O.I. The Hall–Kier alpha value is -1.29. The first-order valence-electron chi connectivity index (χ1n) is 7.57. The summed E-state index contributed by atoms with van der Waals surface area (Å²) in [7, 11) is -2.99. The van der Waals surface area contributed by atoms with Gasteiger partial charge in [-0.25, -0.2) is 13.4 Å². The highest BCUT2D eigenvalue weighted by Gasteiger charge is 2.10. The number of halogens is 1. The predicted octanol–water partition coefficient (Wildman–Crippen LogP) is 2.46. The van der Waals surface area contributed by atoms with Crippen LogP contribution >= 0.6 is 24.0 Å². The molecule has 2 aromatic rings. The number of sulfone groups is 1. The zero-order chi connectivity index (χ0) is 16.9. The van der Waals surface area contributed by atoms with E-state index < -0.39 is 9.84 Å². The van der Waals surface area contributed by atoms with Crippen LogP contribution < -0.4 is 10.6 Å². The highest BCUT2D eigenvalue weighted by Crippen LogP contribution is 2.25. The zero-order valence-corrected chi connectivity index (χ0v) is 17.3. The molecule has 24 heavy (non-hydrogen) atoms. The van der Waals surface area contributed by atoms with Gasteiger partial charge in [0.2, 0.25) is 0 Å². The monoisotopic (exact) mass is 465 g/mol. The molecule has 1 heterocycles. The van der Waals surface area contributed by atoms with Gasteiger partial charge in [0.15, 0.2) is 5.96 Å². The molecule has 0 radical (unpaired) electrons. The number of aryl methyl sites for hydroxylation is 1. The van der Waals surface area contributed by atoms with Crippen LogP contribution in [-0.2, 0) is 16.4 Å². The van der Waals surface area contributed by atoms with Gasteiger partial charge < -0.3 is 15.1 Å². The Kier molecular flexibility index (Phi) is 8.01. The molecule has 0 atom stereocenters. The molecule has 0 bridgehead atoms. The van der Waals surface area contributed by atoms with Gasteiger partial charge in [-0.2, -0.15) is 0 Å². The molecule has 0 fully saturated rings. The average molecular weight is 465 g/mol. The number of nitrogens with one attached hydrogen (secondary N) is 2. The number of benzene rings is 1. The molecule has 0 amide bonds. The molecule has 1 aromatic heterocycles. The van der Waals surface area contributed by atoms with Crippen molar-refractivity contribution in [2.24, 2.45) is 4.99 Å². The summed E-state index contributed by atoms with van der Waals surface area (Å²) in [6.07, 6.45) is 1.22. The molecule has 8 heteroatoms. The minimum atomic E-state index is -2.99. The summed E-state index contributed by atoms with van der Waals surface area (Å²) in [6, 6.07) is 7.88. The third-order valence-electron chi connectivity index (χ3n) is 3.43. The lowest BCUT2D eigenvalue weighted by Gasteiger charge is -2.10. The topological polar surface area (TPSA) is 83.7 Å². The summed E-state index contributed by atoms with van der Waals surface area (Å²) < 4.78 is 28.2. The standard InChI is InChI=1S/C16H23N3O3S.HI/c1-4-17-16(18-9-10-23(3,20)21)19-11-15-12(2)13-7-5-6-8-14(13)22-15;/h5-8H,4,9-11H2,1-3H3,(H2,17,18,19);1H. The minimum absolute atomic E-state index is 0. The van der Waals surface area contributed by atoms with Crippen LogP contribution in [0.1, 0.15) is 18.2 Å². The van der Waals surface area contributed by atoms with E-state index >= 15 is 0 Å². The lowest BCUT2D eigenvalue weighted by Crippen LogP contribution is -2.39. The first-order chi connectivity index (χ1) is 10.9. The predicted molar refractivity (Wildman–Crippen MR) is 109 cm³/mol. The molecule has 0 saturated heterocycles. The van der Waals surface area contributed by atoms with Crippen LogP contribution in [0, 0.1) is 6.92 Å². The maximum atomic E-state index is 11.2. The smallest absolute Gasteiger partial charge is 0.191 e. The van der Waals surface area contributed by atoms with Gasteiger partial charge in [0.05, 0.1) is 5.75 Å². The van der Waals surface area contributed by atoms with Gasteiger partial charge in [-0.15, -0.1) is 24.0 Å². The molecule has 0 aliphatic rings. The quantitative estimate of drug-likeness (QED) is 0.389. The maximum absolute atomic E-state index is 11.2. The summed E-state index contributed by atoms with van der Waals surface area (Å²) in [4.78, 5) is 4.47. The molecular formula is C16H24IN3O3S. The summed E-state index contributed by atoms with van der Waals surface area (Å²) in [5, 5.41) is 7.20. The second-order valence-corrected chi connectivity index (χ2v) is 7.66. The summed E-state index contributed by atoms with van der Waals surface area (Å²) >= 11 is 0. The molecule has 134 valence electrons. The maximum Gasteiger partial charge on any atom is 0.191 e. The summed E-state index contributed by atoms with van der Waals surface area (Å²) in [6.45, 7) is 5.39. The average Bonchev–Trinajstić information content (AvgIpc) is 2.80. The van der Waals surface area contributed by atoms with E-state index in [1.165, 1.54) is 6.26 Å². The molecule has 0 aliphatic heterocycles. The number of hydrogen-bond acceptors (Lipinski definition) is 4. The Morgan fingerprint density at radius 1 is 1.25 bits per heavy atom. The van der Waals surface area contributed by atoms with Crippen LogP contribution in [-0.4, -0.2) is 39.5 Å². The lowest BCUT2D eigenvalue weighted by atomic mass is 10.1. The summed E-state index contributed by atoms with van der Waals surface area (Å²) in [5.74, 6) is 1.46. The molecule has 0 aliphatic carbocycles. The van der Waals surface area contributed by atoms with E-state index in [-0.39, 0.29) is 29.7 Å². The molecule has 2 N–H and O–H groups in total. The largest absolute Gasteiger partial charge is 0.459 e. The number of hydrogen-bond donors (Lipinski definition) is 2. The Balaban J connectivity index is 0.00000288. The van der Waals surface area contributed by atoms with E-state index in [1.807, 2.05) is 38.1 Å². The van der Waals surface area contributed by atoms with Gasteiger partial charge >= 0.3 is 0 Å². The second kappa shape index (κ2) is 9.26. The van der Waals surface area contributed by atoms with Gasteiger partial charge in [0, 0.05) is 30.3 Å². The van der Waals surface area contributed by atoms with Gasteiger partial charge in [-0.05, 0) is 19.9 Å². The van der Waals surface area contributed by atoms with Crippen molar-refractivity contribution >= 4 is 50.7 Å². The van der Waals surface area contributed by atoms with Crippen molar-refractivity contribution in [2.45, 2.75) is 20.4 Å². The van der Waals surface area contributed by atoms with E-state index in [0.717, 1.165) is 22.3 Å². The van der Waals surface area contributed by atoms with Gasteiger partial charge in [-0.3, -0.25) is 0 Å². The number of nitrogens with zero attached hydrogens (tertiary/aromatic N) is 1. The Morgan fingerprint density at radius 2 is 1.96 bits per heavy atom. The number of aliphatic imine (C=N–C) groups is 1. The molecule has 1 aromatic carbocycles. The Labute approximate surface area is 160 Å². The first kappa shape index (κ1) is 20.8. The van der Waals surface area contributed by atoms with Gasteiger partial charge in [0.25, 0.3) is 0 Å². The number of furan rings is 1. The number of rotatable bonds is 6. The van der Waals surface area contributed by atoms with Crippen molar-refractivity contribution < 1.29 is 12.8 Å². The van der Waals surface area contributed by atoms with Crippen molar-refractivity contribution in [1.82, 2.24) is 10.6 Å². The highest BCUT2D eigenvalue weighted by molar-refractivity contribution is 14.0. The second-order valence-electron chi connectivity index (χ2n) is 5.40. The van der Waals surface area contributed by atoms with Crippen molar-refractivity contribution in [3.8, 4) is 0 Å². The van der Waals surface area contributed by atoms with Crippen LogP contribution in [0.3, 0.4) is 0 Å². The Morgan fingerprint density at radius 3 is 2.58 bits per heavy atom. The number of guanidine groups is 1. The summed E-state index contributed by atoms with van der Waals surface area (Å²) in [5.41, 5.74) is 1.93. The number of fused-ring (bicyclic) bond motifs is 1. The third-order valence-corrected chi connectivity index (χ3v) is 4.38. The fourth-order valence-corrected chi connectivity index (χ4v) is 2.70. The highest BCUT2D eigenvalue weighted by atomic mass is 127. The van der Waals surface area contributed by atoms with E-state index in [9.17, 15) is 8.42 Å². The Bertz CT molecular complexity index is 800. The van der Waals surface area contributed by atoms with Crippen LogP contribution in [0.15, 0.2) is 33.7 Å². The fourth-order valence-electron chi connectivity index (χ4n) is 2.22. The molecular weight excluding hydrogens is 441 g/mol. The van der Waals surface area contributed by atoms with E-state index in [4.69, 9.17) is 4.42 Å². The first-order valence-corrected chi connectivity index (χ1v) is 9.63. The lowest BCUT2D eigenvalue weighted by molar-refractivity contribution is 0.548. The molecule has 6 nitrogen and oxygen atoms in total. The van der Waals surface area contributed by atoms with Crippen molar-refractivity contribution in [3.63, 3.8) is 0 Å². The van der Waals surface area contributed by atoms with E-state index in [0.29, 0.717) is 25.6 Å².